The molecule has 0 aromatic carbocycles. The average Bonchev–Trinajstić information content (AvgIpc) is 3.29. The first kappa shape index (κ1) is 16.8. The van der Waals surface area contributed by atoms with E-state index in [2.05, 4.69) is 41.5 Å². The molecular weight excluding hydrogens is 354 g/mol. The highest BCUT2D eigenvalue weighted by Crippen LogP contribution is 2.23. The minimum Gasteiger partial charge on any atom is -0.373 e. The van der Waals surface area contributed by atoms with Gasteiger partial charge >= 0.3 is 0 Å². The van der Waals surface area contributed by atoms with E-state index in [9.17, 15) is 0 Å². The summed E-state index contributed by atoms with van der Waals surface area (Å²) in [5.41, 5.74) is 3.34. The Morgan fingerprint density at radius 2 is 2.16 bits per heavy atom. The molecule has 4 heterocycles. The Bertz CT molecular complexity index is 840. The summed E-state index contributed by atoms with van der Waals surface area (Å²) in [6.07, 6.45) is 1.88. The van der Waals surface area contributed by atoms with Crippen molar-refractivity contribution in [1.29, 1.82) is 0 Å². The molecule has 8 heteroatoms. The Labute approximate surface area is 155 Å². The number of aryl methyl sites for hydroxylation is 2. The fourth-order valence-corrected chi connectivity index (χ4v) is 4.56. The summed E-state index contributed by atoms with van der Waals surface area (Å²) in [4.78, 5) is 11.5. The minimum absolute atomic E-state index is 0.222. The number of hydrogen-bond acceptors (Lipinski definition) is 7. The molecule has 0 saturated heterocycles. The highest BCUT2D eigenvalue weighted by Gasteiger charge is 2.26. The topological polar surface area (TPSA) is 56.1 Å². The zero-order valence-electron chi connectivity index (χ0n) is 14.4. The van der Waals surface area contributed by atoms with E-state index in [-0.39, 0.29) is 6.04 Å². The van der Waals surface area contributed by atoms with Crippen molar-refractivity contribution in [2.24, 2.45) is 0 Å². The molecule has 0 spiro atoms. The van der Waals surface area contributed by atoms with Crippen molar-refractivity contribution in [2.45, 2.75) is 39.6 Å². The molecule has 3 aromatic rings. The van der Waals surface area contributed by atoms with Crippen LogP contribution in [0.5, 0.6) is 0 Å². The first-order chi connectivity index (χ1) is 12.2. The largest absolute Gasteiger partial charge is 0.373 e. The highest BCUT2D eigenvalue weighted by atomic mass is 32.1. The van der Waals surface area contributed by atoms with Gasteiger partial charge in [0.1, 0.15) is 5.01 Å². The molecule has 0 N–H and O–H groups in total. The average molecular weight is 376 g/mol. The fraction of sp³-hybridized carbons (Fsp3) is 0.471. The maximum absolute atomic E-state index is 5.95. The Balaban J connectivity index is 1.39. The van der Waals surface area contributed by atoms with E-state index in [1.807, 2.05) is 20.0 Å². The Hall–Kier alpha value is -1.61. The van der Waals surface area contributed by atoms with Gasteiger partial charge < -0.3 is 4.74 Å². The van der Waals surface area contributed by atoms with Crippen LogP contribution in [0.2, 0.25) is 0 Å². The van der Waals surface area contributed by atoms with Gasteiger partial charge in [-0.1, -0.05) is 0 Å². The number of rotatable bonds is 6. The highest BCUT2D eigenvalue weighted by molar-refractivity contribution is 7.09. The minimum atomic E-state index is 0.222. The Kier molecular flexibility index (Phi) is 4.93. The molecule has 4 rings (SSSR count). The van der Waals surface area contributed by atoms with Gasteiger partial charge in [0.25, 0.3) is 0 Å². The summed E-state index contributed by atoms with van der Waals surface area (Å²) in [7, 11) is 0. The molecule has 132 valence electrons. The number of aromatic nitrogens is 4. The van der Waals surface area contributed by atoms with E-state index < -0.39 is 0 Å². The summed E-state index contributed by atoms with van der Waals surface area (Å²) in [6, 6.07) is 2.32. The van der Waals surface area contributed by atoms with E-state index in [4.69, 9.17) is 4.74 Å². The zero-order valence-corrected chi connectivity index (χ0v) is 16.0. The van der Waals surface area contributed by atoms with Crippen molar-refractivity contribution in [1.82, 2.24) is 24.6 Å². The second-order valence-electron chi connectivity index (χ2n) is 6.35. The van der Waals surface area contributed by atoms with Crippen molar-refractivity contribution in [3.05, 3.63) is 50.1 Å². The monoisotopic (exact) mass is 375 g/mol. The van der Waals surface area contributed by atoms with E-state index in [1.54, 1.807) is 22.7 Å². The van der Waals surface area contributed by atoms with E-state index in [0.29, 0.717) is 13.2 Å². The molecular formula is C17H21N5OS2. The normalized spacial score (nSPS) is 17.8. The number of hydrogen-bond donors (Lipinski definition) is 0. The van der Waals surface area contributed by atoms with Crippen LogP contribution in [-0.2, 0) is 24.4 Å². The van der Waals surface area contributed by atoms with Gasteiger partial charge in [0, 0.05) is 35.7 Å². The lowest BCUT2D eigenvalue weighted by Crippen LogP contribution is -2.39. The lowest BCUT2D eigenvalue weighted by molar-refractivity contribution is 0.0521. The molecule has 6 nitrogen and oxygen atoms in total. The lowest BCUT2D eigenvalue weighted by Gasteiger charge is -2.33. The Morgan fingerprint density at radius 3 is 2.92 bits per heavy atom. The number of fused-ring (bicyclic) bond motifs is 1. The van der Waals surface area contributed by atoms with Crippen LogP contribution in [0.4, 0.5) is 0 Å². The van der Waals surface area contributed by atoms with Crippen LogP contribution in [-0.4, -0.2) is 37.8 Å². The summed E-state index contributed by atoms with van der Waals surface area (Å²) < 4.78 is 8.05. The van der Waals surface area contributed by atoms with Crippen molar-refractivity contribution < 1.29 is 4.74 Å². The smallest absolute Gasteiger partial charge is 0.107 e. The predicted octanol–water partition coefficient (Wildman–Crippen LogP) is 3.19. The summed E-state index contributed by atoms with van der Waals surface area (Å²) in [6.45, 7) is 7.96. The van der Waals surface area contributed by atoms with Crippen LogP contribution in [0, 0.1) is 13.8 Å². The van der Waals surface area contributed by atoms with Crippen LogP contribution >= 0.6 is 22.7 Å². The maximum atomic E-state index is 5.95. The number of nitrogens with zero attached hydrogens (tertiary/aromatic N) is 5. The molecule has 0 aliphatic carbocycles. The quantitative estimate of drug-likeness (QED) is 0.662. The molecule has 25 heavy (non-hydrogen) atoms. The van der Waals surface area contributed by atoms with Gasteiger partial charge in [-0.3, -0.25) is 9.58 Å². The van der Waals surface area contributed by atoms with Crippen molar-refractivity contribution in [2.75, 3.05) is 13.2 Å². The van der Waals surface area contributed by atoms with Gasteiger partial charge in [0.15, 0.2) is 0 Å². The third-order valence-electron chi connectivity index (χ3n) is 4.20. The lowest BCUT2D eigenvalue weighted by atomic mass is 10.2. The van der Waals surface area contributed by atoms with Gasteiger partial charge in [-0.05, 0) is 19.9 Å². The first-order valence-electron chi connectivity index (χ1n) is 8.32. The van der Waals surface area contributed by atoms with E-state index in [1.165, 1.54) is 10.7 Å². The van der Waals surface area contributed by atoms with E-state index >= 15 is 0 Å². The third kappa shape index (κ3) is 3.98. The Morgan fingerprint density at radius 1 is 1.24 bits per heavy atom. The molecule has 1 aliphatic rings. The SMILES string of the molecule is Cc1csc(CN2Cc3ccnn3C(COCc3csc(C)n3)C2)n1. The van der Waals surface area contributed by atoms with Gasteiger partial charge in [0.2, 0.25) is 0 Å². The maximum Gasteiger partial charge on any atom is 0.107 e. The summed E-state index contributed by atoms with van der Waals surface area (Å²) in [5.74, 6) is 0. The zero-order chi connectivity index (χ0) is 17.2. The molecule has 1 aliphatic heterocycles. The van der Waals surface area contributed by atoms with E-state index in [0.717, 1.165) is 36.0 Å². The molecule has 1 atom stereocenters. The van der Waals surface area contributed by atoms with Crippen LogP contribution in [0.1, 0.15) is 33.1 Å². The van der Waals surface area contributed by atoms with Gasteiger partial charge in [-0.15, -0.1) is 22.7 Å². The fourth-order valence-electron chi connectivity index (χ4n) is 3.15. The molecule has 0 saturated carbocycles. The van der Waals surface area contributed by atoms with Crippen LogP contribution in [0.3, 0.4) is 0 Å². The van der Waals surface area contributed by atoms with Gasteiger partial charge in [-0.25, -0.2) is 9.97 Å². The second-order valence-corrected chi connectivity index (χ2v) is 8.35. The number of ether oxygens (including phenoxy) is 1. The molecule has 0 amide bonds. The van der Waals surface area contributed by atoms with Crippen LogP contribution in [0.25, 0.3) is 0 Å². The second kappa shape index (κ2) is 7.33. The molecule has 0 radical (unpaired) electrons. The summed E-state index contributed by atoms with van der Waals surface area (Å²) in [5, 5.41) is 10.9. The van der Waals surface area contributed by atoms with Gasteiger partial charge in [-0.2, -0.15) is 5.10 Å². The van der Waals surface area contributed by atoms with Crippen LogP contribution in [0.15, 0.2) is 23.0 Å². The number of thiazole rings is 2. The summed E-state index contributed by atoms with van der Waals surface area (Å²) >= 11 is 3.39. The van der Waals surface area contributed by atoms with Crippen LogP contribution < -0.4 is 0 Å². The van der Waals surface area contributed by atoms with Crippen molar-refractivity contribution in [3.8, 4) is 0 Å². The van der Waals surface area contributed by atoms with Crippen molar-refractivity contribution in [3.63, 3.8) is 0 Å². The molecule has 1 unspecified atom stereocenters. The third-order valence-corrected chi connectivity index (χ3v) is 5.98. The van der Waals surface area contributed by atoms with Gasteiger partial charge in [0.05, 0.1) is 42.2 Å². The molecule has 0 bridgehead atoms. The standard InChI is InChI=1S/C17H21N5OS2/c1-12-10-25-17(19-12)7-21-5-15-3-4-18-22(15)16(6-21)9-23-8-14-11-24-13(2)20-14/h3-4,10-11,16H,5-9H2,1-2H3. The van der Waals surface area contributed by atoms with Crippen molar-refractivity contribution >= 4 is 22.7 Å². The first-order valence-corrected chi connectivity index (χ1v) is 10.1. The predicted molar refractivity (Wildman–Crippen MR) is 98.7 cm³/mol. The molecule has 3 aromatic heterocycles. The molecule has 0 fully saturated rings.